The van der Waals surface area contributed by atoms with Crippen LogP contribution in [0.25, 0.3) is 0 Å². The molecule has 0 aliphatic carbocycles. The third-order valence-electron chi connectivity index (χ3n) is 1.63. The van der Waals surface area contributed by atoms with E-state index in [0.717, 1.165) is 6.07 Å². The van der Waals surface area contributed by atoms with Crippen LogP contribution in [0.5, 0.6) is 5.88 Å². The molecule has 0 bridgehead atoms. The molecule has 0 aliphatic heterocycles. The molecule has 6 heteroatoms. The average molecular weight is 270 g/mol. The summed E-state index contributed by atoms with van der Waals surface area (Å²) in [5.41, 5.74) is -0.723. The van der Waals surface area contributed by atoms with Gasteiger partial charge in [-0.05, 0) is 0 Å². The zero-order chi connectivity index (χ0) is 10.7. The molecular weight excluding hydrogens is 263 g/mol. The predicted molar refractivity (Wildman–Crippen MR) is 48.3 cm³/mol. The Hall–Kier alpha value is -0.780. The van der Waals surface area contributed by atoms with Crippen LogP contribution in [0.1, 0.15) is 17.7 Å². The van der Waals surface area contributed by atoms with Gasteiger partial charge in [0.1, 0.15) is 11.5 Å². The average Bonchev–Trinajstić information content (AvgIpc) is 2.16. The Morgan fingerprint density at radius 1 is 1.57 bits per heavy atom. The van der Waals surface area contributed by atoms with Gasteiger partial charge in [0.15, 0.2) is 0 Å². The van der Waals surface area contributed by atoms with Gasteiger partial charge in [0.2, 0.25) is 5.88 Å². The fraction of sp³-hybridized carbons (Fsp3) is 0.375. The highest BCUT2D eigenvalue weighted by Crippen LogP contribution is 2.27. The number of alkyl halides is 3. The van der Waals surface area contributed by atoms with Gasteiger partial charge >= 0.3 is 0 Å². The van der Waals surface area contributed by atoms with Crippen molar-refractivity contribution in [3.63, 3.8) is 0 Å². The van der Waals surface area contributed by atoms with Crippen molar-refractivity contribution in [2.45, 2.75) is 11.8 Å². The number of methoxy groups -OCH3 is 1. The molecule has 78 valence electrons. The monoisotopic (exact) mass is 269 g/mol. The molecular formula is C8H7BrF3NO. The van der Waals surface area contributed by atoms with Crippen LogP contribution in [-0.2, 0) is 5.33 Å². The van der Waals surface area contributed by atoms with E-state index in [1.54, 1.807) is 0 Å². The van der Waals surface area contributed by atoms with E-state index in [1.165, 1.54) is 7.11 Å². The summed E-state index contributed by atoms with van der Waals surface area (Å²) in [4.78, 5) is 3.48. The van der Waals surface area contributed by atoms with Crippen molar-refractivity contribution in [3.8, 4) is 5.88 Å². The van der Waals surface area contributed by atoms with E-state index < -0.39 is 17.9 Å². The van der Waals surface area contributed by atoms with Gasteiger partial charge in [-0.15, -0.1) is 0 Å². The molecule has 2 nitrogen and oxygen atoms in total. The van der Waals surface area contributed by atoms with Crippen molar-refractivity contribution in [2.75, 3.05) is 7.11 Å². The van der Waals surface area contributed by atoms with Crippen LogP contribution in [0.15, 0.2) is 6.07 Å². The van der Waals surface area contributed by atoms with Gasteiger partial charge in [-0.1, -0.05) is 15.9 Å². The van der Waals surface area contributed by atoms with E-state index in [1.807, 2.05) is 0 Å². The molecule has 1 heterocycles. The fourth-order valence-electron chi connectivity index (χ4n) is 0.954. The molecule has 0 saturated carbocycles. The second kappa shape index (κ2) is 4.63. The molecule has 14 heavy (non-hydrogen) atoms. The summed E-state index contributed by atoms with van der Waals surface area (Å²) >= 11 is 2.92. The number of pyridine rings is 1. The Morgan fingerprint density at radius 3 is 2.64 bits per heavy atom. The highest BCUT2D eigenvalue weighted by Gasteiger charge is 2.19. The van der Waals surface area contributed by atoms with E-state index in [9.17, 15) is 13.2 Å². The first-order valence-electron chi connectivity index (χ1n) is 3.67. The molecule has 0 fully saturated rings. The summed E-state index contributed by atoms with van der Waals surface area (Å²) in [6.45, 7) is 0. The van der Waals surface area contributed by atoms with Crippen LogP contribution in [0.4, 0.5) is 13.2 Å². The third-order valence-corrected chi connectivity index (χ3v) is 2.19. The van der Waals surface area contributed by atoms with Crippen LogP contribution < -0.4 is 4.74 Å². The lowest BCUT2D eigenvalue weighted by atomic mass is 10.2. The SMILES string of the molecule is COc1cc(F)c(CBr)c(C(F)F)n1. The van der Waals surface area contributed by atoms with Crippen LogP contribution in [0.2, 0.25) is 0 Å². The minimum absolute atomic E-state index is 0.00446. The number of hydrogen-bond donors (Lipinski definition) is 0. The molecule has 0 N–H and O–H groups in total. The van der Waals surface area contributed by atoms with Crippen molar-refractivity contribution in [1.29, 1.82) is 0 Å². The van der Waals surface area contributed by atoms with Crippen molar-refractivity contribution in [3.05, 3.63) is 23.1 Å². The third kappa shape index (κ3) is 2.17. The zero-order valence-corrected chi connectivity index (χ0v) is 8.82. The minimum atomic E-state index is -2.81. The van der Waals surface area contributed by atoms with Gasteiger partial charge in [0, 0.05) is 17.0 Å². The molecule has 1 rings (SSSR count). The van der Waals surface area contributed by atoms with E-state index in [4.69, 9.17) is 0 Å². The lowest BCUT2D eigenvalue weighted by Gasteiger charge is -2.08. The molecule has 0 saturated heterocycles. The second-order valence-electron chi connectivity index (χ2n) is 2.44. The van der Waals surface area contributed by atoms with Crippen molar-refractivity contribution in [1.82, 2.24) is 4.98 Å². The topological polar surface area (TPSA) is 22.1 Å². The molecule has 0 amide bonds. The summed E-state index contributed by atoms with van der Waals surface area (Å²) in [5.74, 6) is -0.897. The number of nitrogens with zero attached hydrogens (tertiary/aromatic N) is 1. The van der Waals surface area contributed by atoms with Gasteiger partial charge in [-0.25, -0.2) is 18.2 Å². The maximum absolute atomic E-state index is 13.2. The Kier molecular flexibility index (Phi) is 3.74. The fourth-order valence-corrected chi connectivity index (χ4v) is 1.51. The van der Waals surface area contributed by atoms with Crippen LogP contribution >= 0.6 is 15.9 Å². The summed E-state index contributed by atoms with van der Waals surface area (Å²) in [7, 11) is 1.24. The lowest BCUT2D eigenvalue weighted by Crippen LogP contribution is -2.02. The van der Waals surface area contributed by atoms with Crippen LogP contribution in [0.3, 0.4) is 0 Å². The molecule has 0 atom stereocenters. The summed E-state index contributed by atoms with van der Waals surface area (Å²) in [6.07, 6.45) is -2.81. The number of halogens is 4. The predicted octanol–water partition coefficient (Wildman–Crippen LogP) is 3.06. The first-order chi connectivity index (χ1) is 6.60. The molecule has 0 spiro atoms. The smallest absolute Gasteiger partial charge is 0.280 e. The molecule has 0 radical (unpaired) electrons. The van der Waals surface area contributed by atoms with Gasteiger partial charge < -0.3 is 4.74 Å². The number of rotatable bonds is 3. The first-order valence-corrected chi connectivity index (χ1v) is 4.79. The largest absolute Gasteiger partial charge is 0.481 e. The molecule has 1 aromatic rings. The van der Waals surface area contributed by atoms with Gasteiger partial charge in [-0.2, -0.15) is 0 Å². The number of ether oxygens (including phenoxy) is 1. The standard InChI is InChI=1S/C8H7BrF3NO/c1-14-6-2-5(10)4(3-9)7(13-6)8(11)12/h2,8H,3H2,1H3. The summed E-state index contributed by atoms with van der Waals surface area (Å²) in [5, 5.41) is -0.00446. The highest BCUT2D eigenvalue weighted by atomic mass is 79.9. The summed E-state index contributed by atoms with van der Waals surface area (Å²) in [6, 6.07) is 0.975. The van der Waals surface area contributed by atoms with Gasteiger partial charge in [0.05, 0.1) is 7.11 Å². The number of aromatic nitrogens is 1. The zero-order valence-electron chi connectivity index (χ0n) is 7.23. The van der Waals surface area contributed by atoms with Crippen molar-refractivity contribution < 1.29 is 17.9 Å². The summed E-state index contributed by atoms with van der Waals surface area (Å²) < 4.78 is 42.6. The van der Waals surface area contributed by atoms with E-state index in [-0.39, 0.29) is 16.8 Å². The Morgan fingerprint density at radius 2 is 2.21 bits per heavy atom. The van der Waals surface area contributed by atoms with Crippen LogP contribution in [0, 0.1) is 5.82 Å². The molecule has 1 aromatic heterocycles. The molecule has 0 aromatic carbocycles. The Balaban J connectivity index is 3.28. The second-order valence-corrected chi connectivity index (χ2v) is 3.01. The molecule has 0 aliphatic rings. The van der Waals surface area contributed by atoms with Crippen molar-refractivity contribution in [2.24, 2.45) is 0 Å². The van der Waals surface area contributed by atoms with E-state index >= 15 is 0 Å². The Labute approximate surface area is 87.2 Å². The first kappa shape index (κ1) is 11.3. The quantitative estimate of drug-likeness (QED) is 0.787. The normalized spacial score (nSPS) is 10.7. The number of hydrogen-bond acceptors (Lipinski definition) is 2. The maximum atomic E-state index is 13.2. The van der Waals surface area contributed by atoms with Gasteiger partial charge in [-0.3, -0.25) is 0 Å². The maximum Gasteiger partial charge on any atom is 0.280 e. The van der Waals surface area contributed by atoms with Crippen molar-refractivity contribution >= 4 is 15.9 Å². The van der Waals surface area contributed by atoms with E-state index in [2.05, 4.69) is 25.7 Å². The Bertz CT molecular complexity index is 333. The minimum Gasteiger partial charge on any atom is -0.481 e. The molecule has 0 unspecified atom stereocenters. The highest BCUT2D eigenvalue weighted by molar-refractivity contribution is 9.08. The van der Waals surface area contributed by atoms with Crippen LogP contribution in [-0.4, -0.2) is 12.1 Å². The van der Waals surface area contributed by atoms with E-state index in [0.29, 0.717) is 0 Å². The lowest BCUT2D eigenvalue weighted by molar-refractivity contribution is 0.143. The van der Waals surface area contributed by atoms with Gasteiger partial charge in [0.25, 0.3) is 6.43 Å².